The van der Waals surface area contributed by atoms with E-state index in [1.807, 2.05) is 0 Å². The summed E-state index contributed by atoms with van der Waals surface area (Å²) >= 11 is 2.82. The first-order valence-electron chi connectivity index (χ1n) is 22.7. The molecule has 8 rings (SSSR count). The van der Waals surface area contributed by atoms with Crippen LogP contribution in [-0.2, 0) is 0 Å². The number of hydrogen-bond donors (Lipinski definition) is 0. The lowest BCUT2D eigenvalue weighted by Crippen LogP contribution is -2.46. The van der Waals surface area contributed by atoms with Crippen molar-refractivity contribution in [3.63, 3.8) is 0 Å². The molecule has 0 aromatic heterocycles. The van der Waals surface area contributed by atoms with E-state index in [1.165, 1.54) is 135 Å². The molecule has 0 amide bonds. The number of fused-ring (bicyclic) bond motifs is 7. The summed E-state index contributed by atoms with van der Waals surface area (Å²) in [6.45, 7) is 17.7. The van der Waals surface area contributed by atoms with Crippen LogP contribution in [0.2, 0.25) is 0 Å². The number of hydrogen-bond acceptors (Lipinski definition) is 1. The fourth-order valence-corrected chi connectivity index (χ4v) is 16.3. The SMILES string of the molecule is CCC[N+]1=C(/C=C/C2=C(I)C(=C/C=C3/N(CC)C4CCC5CCCCC5C4C3(C)CC)/C3CCCCC23)C(C)(CC)C2C3CCCCC3CCC21. The fraction of sp³-hybridized carbons (Fsp3) is 0.812. The molecule has 12 atom stereocenters. The number of allylic oxidation sites excluding steroid dienone is 8. The molecule has 8 aliphatic rings. The van der Waals surface area contributed by atoms with Gasteiger partial charge in [-0.1, -0.05) is 91.2 Å². The minimum Gasteiger partial charge on any atom is -0.371 e. The van der Waals surface area contributed by atoms with Gasteiger partial charge in [0, 0.05) is 52.1 Å². The van der Waals surface area contributed by atoms with E-state index in [9.17, 15) is 0 Å². The Hall–Kier alpha value is -0.840. The maximum Gasteiger partial charge on any atom is 0.182 e. The van der Waals surface area contributed by atoms with Crippen LogP contribution in [0.3, 0.4) is 0 Å². The quantitative estimate of drug-likeness (QED) is 0.175. The highest BCUT2D eigenvalue weighted by Gasteiger charge is 2.61. The van der Waals surface area contributed by atoms with E-state index in [-0.39, 0.29) is 0 Å². The number of rotatable bonds is 8. The van der Waals surface area contributed by atoms with Gasteiger partial charge in [0.15, 0.2) is 11.8 Å². The number of likely N-dealkylation sites (tertiary alicyclic amines) is 1. The van der Waals surface area contributed by atoms with Gasteiger partial charge in [0.05, 0.1) is 5.41 Å². The minimum absolute atomic E-state index is 0.307. The Kier molecular flexibility index (Phi) is 10.9. The number of halogens is 1. The van der Waals surface area contributed by atoms with Crippen molar-refractivity contribution < 1.29 is 4.58 Å². The molecule has 282 valence electrons. The van der Waals surface area contributed by atoms with Crippen LogP contribution in [0.4, 0.5) is 0 Å². The molecule has 6 fully saturated rings. The smallest absolute Gasteiger partial charge is 0.182 e. The van der Waals surface area contributed by atoms with E-state index >= 15 is 0 Å². The second-order valence-corrected chi connectivity index (χ2v) is 20.5. The molecule has 0 radical (unpaired) electrons. The summed E-state index contributed by atoms with van der Waals surface area (Å²) in [5, 5.41) is 0. The first kappa shape index (κ1) is 37.1. The topological polar surface area (TPSA) is 6.25 Å². The minimum atomic E-state index is 0.307. The molecule has 3 heteroatoms. The van der Waals surface area contributed by atoms with E-state index in [1.54, 1.807) is 26.1 Å². The van der Waals surface area contributed by atoms with Crippen LogP contribution >= 0.6 is 22.6 Å². The third kappa shape index (κ3) is 5.98. The van der Waals surface area contributed by atoms with Gasteiger partial charge in [0.2, 0.25) is 0 Å². The van der Waals surface area contributed by atoms with Gasteiger partial charge in [-0.25, -0.2) is 4.58 Å². The summed E-state index contributed by atoms with van der Waals surface area (Å²) in [7, 11) is 0. The Balaban J connectivity index is 1.15. The van der Waals surface area contributed by atoms with Crippen molar-refractivity contribution in [2.75, 3.05) is 13.1 Å². The summed E-state index contributed by atoms with van der Waals surface area (Å²) in [4.78, 5) is 2.92. The molecule has 0 spiro atoms. The summed E-state index contributed by atoms with van der Waals surface area (Å²) in [5.74, 6) is 6.99. The van der Waals surface area contributed by atoms with Crippen LogP contribution in [0.5, 0.6) is 0 Å². The van der Waals surface area contributed by atoms with E-state index in [0.29, 0.717) is 22.7 Å². The normalized spacial score (nSPS) is 45.4. The largest absolute Gasteiger partial charge is 0.371 e. The van der Waals surface area contributed by atoms with Crippen LogP contribution in [-0.4, -0.2) is 40.4 Å². The monoisotopic (exact) mass is 805 g/mol. The van der Waals surface area contributed by atoms with E-state index in [0.717, 1.165) is 47.6 Å². The highest BCUT2D eigenvalue weighted by Crippen LogP contribution is 2.61. The van der Waals surface area contributed by atoms with Crippen molar-refractivity contribution in [3.05, 3.63) is 44.7 Å². The van der Waals surface area contributed by atoms with Gasteiger partial charge in [-0.3, -0.25) is 0 Å². The average Bonchev–Trinajstić information content (AvgIpc) is 3.69. The predicted octanol–water partition coefficient (Wildman–Crippen LogP) is 13.1. The molecule has 0 N–H and O–H groups in total. The molecular formula is C48H74IN2+. The molecule has 6 aliphatic carbocycles. The Morgan fingerprint density at radius 1 is 0.686 bits per heavy atom. The highest BCUT2D eigenvalue weighted by atomic mass is 127. The third-order valence-corrected chi connectivity index (χ3v) is 18.8. The van der Waals surface area contributed by atoms with Crippen molar-refractivity contribution in [1.29, 1.82) is 0 Å². The molecule has 1 saturated heterocycles. The van der Waals surface area contributed by atoms with Crippen LogP contribution < -0.4 is 0 Å². The van der Waals surface area contributed by atoms with Crippen molar-refractivity contribution >= 4 is 28.3 Å². The Morgan fingerprint density at radius 3 is 1.98 bits per heavy atom. The van der Waals surface area contributed by atoms with Gasteiger partial charge >= 0.3 is 0 Å². The lowest BCUT2D eigenvalue weighted by Gasteiger charge is -2.48. The summed E-state index contributed by atoms with van der Waals surface area (Å²) in [5.41, 5.74) is 7.40. The zero-order valence-electron chi connectivity index (χ0n) is 33.7. The molecule has 0 aromatic carbocycles. The number of nitrogens with zero attached hydrogens (tertiary/aromatic N) is 2. The summed E-state index contributed by atoms with van der Waals surface area (Å²) in [6.07, 6.45) is 37.9. The lowest BCUT2D eigenvalue weighted by atomic mass is 9.56. The molecule has 12 unspecified atom stereocenters. The van der Waals surface area contributed by atoms with Gasteiger partial charge in [0.1, 0.15) is 6.54 Å². The van der Waals surface area contributed by atoms with Gasteiger partial charge in [-0.2, -0.15) is 0 Å². The molecule has 2 nitrogen and oxygen atoms in total. The zero-order valence-corrected chi connectivity index (χ0v) is 35.9. The van der Waals surface area contributed by atoms with E-state index < -0.39 is 0 Å². The lowest BCUT2D eigenvalue weighted by molar-refractivity contribution is -0.569. The maximum absolute atomic E-state index is 2.97. The van der Waals surface area contributed by atoms with E-state index in [2.05, 4.69) is 97.9 Å². The Labute approximate surface area is 327 Å². The van der Waals surface area contributed by atoms with Gasteiger partial charge in [0.25, 0.3) is 0 Å². The fourth-order valence-electron chi connectivity index (χ4n) is 15.1. The van der Waals surface area contributed by atoms with Crippen molar-refractivity contribution in [2.45, 2.75) is 176 Å². The second-order valence-electron chi connectivity index (χ2n) is 19.4. The second kappa shape index (κ2) is 15.0. The molecule has 2 heterocycles. The average molecular weight is 806 g/mol. The van der Waals surface area contributed by atoms with Crippen LogP contribution in [0, 0.1) is 58.2 Å². The first-order valence-corrected chi connectivity index (χ1v) is 23.8. The maximum atomic E-state index is 2.97. The molecule has 5 saturated carbocycles. The molecule has 0 aromatic rings. The van der Waals surface area contributed by atoms with Crippen molar-refractivity contribution in [1.82, 2.24) is 4.90 Å². The Bertz CT molecular complexity index is 1460. The van der Waals surface area contributed by atoms with Gasteiger partial charge < -0.3 is 4.90 Å². The van der Waals surface area contributed by atoms with E-state index in [4.69, 9.17) is 0 Å². The predicted molar refractivity (Wildman–Crippen MR) is 225 cm³/mol. The molecule has 2 aliphatic heterocycles. The first-order chi connectivity index (χ1) is 24.8. The zero-order chi connectivity index (χ0) is 35.5. The van der Waals surface area contributed by atoms with Crippen LogP contribution in [0.25, 0.3) is 0 Å². The van der Waals surface area contributed by atoms with Crippen molar-refractivity contribution in [3.8, 4) is 0 Å². The standard InChI is InChI=1S/C48H74IN2/c1-7-31-51-41-28-24-33-18-12-14-20-35(33)45(41)48(6,9-3)43(51)30-26-39-37-22-16-15-21-36(37)38(46(39)49)25-29-42-47(5,8-2)44-34-19-13-11-17-32(34)23-27-40(44)50(42)10-4/h25-26,29-30,32-37,40-41,44-45H,7-24,27-28,31H2,1-6H3/q+1. The molecular weight excluding hydrogens is 731 g/mol. The molecule has 0 bridgehead atoms. The van der Waals surface area contributed by atoms with Gasteiger partial charge in [-0.05, 0) is 153 Å². The van der Waals surface area contributed by atoms with Crippen LogP contribution in [0.15, 0.2) is 44.7 Å². The Morgan fingerprint density at radius 2 is 1.31 bits per heavy atom. The van der Waals surface area contributed by atoms with Crippen LogP contribution in [0.1, 0.15) is 164 Å². The van der Waals surface area contributed by atoms with Gasteiger partial charge in [-0.15, -0.1) is 0 Å². The summed E-state index contributed by atoms with van der Waals surface area (Å²) < 4.78 is 4.57. The molecule has 51 heavy (non-hydrogen) atoms. The third-order valence-electron chi connectivity index (χ3n) is 17.6. The highest BCUT2D eigenvalue weighted by molar-refractivity contribution is 14.1. The van der Waals surface area contributed by atoms with Crippen molar-refractivity contribution in [2.24, 2.45) is 58.2 Å². The summed E-state index contributed by atoms with van der Waals surface area (Å²) in [6, 6.07) is 1.53.